The molecule has 3 aromatic rings. The van der Waals surface area contributed by atoms with Crippen molar-refractivity contribution in [3.8, 4) is 5.88 Å². The quantitative estimate of drug-likeness (QED) is 0.268. The van der Waals surface area contributed by atoms with Crippen molar-refractivity contribution in [3.05, 3.63) is 76.8 Å². The van der Waals surface area contributed by atoms with E-state index in [2.05, 4.69) is 30.9 Å². The first-order valence-corrected chi connectivity index (χ1v) is 17.8. The van der Waals surface area contributed by atoms with E-state index < -0.39 is 43.4 Å². The number of benzene rings is 1. The number of nitrogens with zero attached hydrogens (tertiary/aromatic N) is 3. The lowest BCUT2D eigenvalue weighted by atomic mass is 9.54. The Morgan fingerprint density at radius 1 is 1.07 bits per heavy atom. The summed E-state index contributed by atoms with van der Waals surface area (Å²) in [5, 5.41) is 3.90. The second-order valence-corrected chi connectivity index (χ2v) is 18.6. The molecule has 1 fully saturated rings. The molecule has 0 amide bonds. The van der Waals surface area contributed by atoms with E-state index in [-0.39, 0.29) is 34.8 Å². The highest BCUT2D eigenvalue weighted by atomic mass is 28.4. The van der Waals surface area contributed by atoms with Crippen molar-refractivity contribution in [2.24, 2.45) is 17.8 Å². The van der Waals surface area contributed by atoms with Gasteiger partial charge < -0.3 is 13.7 Å². The van der Waals surface area contributed by atoms with E-state index in [1.54, 1.807) is 18.3 Å². The Balaban J connectivity index is 1.53. The van der Waals surface area contributed by atoms with Gasteiger partial charge in [-0.1, -0.05) is 51.1 Å². The van der Waals surface area contributed by atoms with E-state index >= 15 is 9.59 Å². The summed E-state index contributed by atoms with van der Waals surface area (Å²) in [4.78, 5) is 50.5. The number of fused-ring (bicyclic) bond motifs is 4. The van der Waals surface area contributed by atoms with Crippen LogP contribution in [0.15, 0.2) is 53.2 Å². The molecule has 43 heavy (non-hydrogen) atoms. The largest absolute Gasteiger partial charge is 0.470 e. The van der Waals surface area contributed by atoms with Gasteiger partial charge in [-0.3, -0.25) is 24.3 Å². The molecule has 1 saturated carbocycles. The van der Waals surface area contributed by atoms with E-state index in [0.29, 0.717) is 29.9 Å². The van der Waals surface area contributed by atoms with E-state index in [4.69, 9.17) is 13.7 Å². The maximum absolute atomic E-state index is 15.1. The minimum atomic E-state index is -2.77. The number of aromatic nitrogens is 2. The average Bonchev–Trinajstić information content (AvgIpc) is 3.36. The number of pyridine rings is 1. The summed E-state index contributed by atoms with van der Waals surface area (Å²) in [7, 11) is 1.02. The molecule has 2 aromatic heterocycles. The van der Waals surface area contributed by atoms with Crippen molar-refractivity contribution < 1.29 is 28.1 Å². The van der Waals surface area contributed by atoms with Crippen LogP contribution in [0.5, 0.6) is 5.88 Å². The van der Waals surface area contributed by atoms with Gasteiger partial charge in [-0.2, -0.15) is 0 Å². The Kier molecular flexibility index (Phi) is 7.10. The smallest absolute Gasteiger partial charge is 0.265 e. The van der Waals surface area contributed by atoms with Crippen LogP contribution in [0.25, 0.3) is 0 Å². The molecule has 10 heteroatoms. The van der Waals surface area contributed by atoms with Crippen molar-refractivity contribution in [2.45, 2.75) is 70.0 Å². The molecule has 2 heterocycles. The van der Waals surface area contributed by atoms with Crippen molar-refractivity contribution in [2.75, 3.05) is 14.1 Å². The molecule has 0 bridgehead atoms. The topological polar surface area (TPSA) is 112 Å². The molecule has 5 atom stereocenters. The van der Waals surface area contributed by atoms with E-state index in [1.165, 1.54) is 0 Å². The molecule has 9 nitrogen and oxygen atoms in total. The first-order chi connectivity index (χ1) is 20.3. The van der Waals surface area contributed by atoms with Gasteiger partial charge in [0.2, 0.25) is 5.78 Å². The summed E-state index contributed by atoms with van der Waals surface area (Å²) in [5.74, 6) is -2.78. The lowest BCUT2D eigenvalue weighted by molar-refractivity contribution is -0.151. The number of Topliss-reactive ketones (excluding diaryl/α,β-unsaturated/α-hetero) is 3. The molecule has 226 valence electrons. The first-order valence-electron chi connectivity index (χ1n) is 14.9. The molecule has 1 aromatic carbocycles. The Bertz CT molecular complexity index is 1590. The van der Waals surface area contributed by atoms with Crippen LogP contribution in [0.1, 0.15) is 71.0 Å². The normalized spacial score (nSPS) is 26.9. The minimum absolute atomic E-state index is 0.0341. The zero-order valence-electron chi connectivity index (χ0n) is 25.8. The zero-order valence-corrected chi connectivity index (χ0v) is 26.8. The molecular weight excluding hydrogens is 562 g/mol. The van der Waals surface area contributed by atoms with Gasteiger partial charge in [0.15, 0.2) is 31.2 Å². The molecule has 0 radical (unpaired) electrons. The predicted molar refractivity (Wildman–Crippen MR) is 161 cm³/mol. The maximum Gasteiger partial charge on any atom is 0.265 e. The summed E-state index contributed by atoms with van der Waals surface area (Å²) in [6.07, 6.45) is 2.57. The van der Waals surface area contributed by atoms with Gasteiger partial charge in [-0.05, 0) is 73.8 Å². The molecule has 3 aliphatic rings. The second-order valence-electron chi connectivity index (χ2n) is 13.8. The van der Waals surface area contributed by atoms with Gasteiger partial charge in [0.05, 0.1) is 17.7 Å². The number of hydrogen-bond donors (Lipinski definition) is 0. The average molecular weight is 602 g/mol. The van der Waals surface area contributed by atoms with E-state index in [0.717, 1.165) is 5.56 Å². The molecule has 1 unspecified atom stereocenters. The third-order valence-corrected chi connectivity index (χ3v) is 14.4. The van der Waals surface area contributed by atoms with Crippen LogP contribution >= 0.6 is 0 Å². The van der Waals surface area contributed by atoms with Crippen molar-refractivity contribution in [3.63, 3.8) is 0 Å². The highest BCUT2D eigenvalue weighted by Crippen LogP contribution is 2.58. The fraction of sp³-hybridized carbons (Fsp3) is 0.485. The monoisotopic (exact) mass is 601 g/mol. The van der Waals surface area contributed by atoms with Crippen LogP contribution < -0.4 is 4.74 Å². The second kappa shape index (κ2) is 10.3. The van der Waals surface area contributed by atoms with E-state index in [1.807, 2.05) is 62.4 Å². The van der Waals surface area contributed by atoms with Gasteiger partial charge in [0.1, 0.15) is 12.2 Å². The Morgan fingerprint density at radius 2 is 1.79 bits per heavy atom. The minimum Gasteiger partial charge on any atom is -0.470 e. The van der Waals surface area contributed by atoms with Crippen molar-refractivity contribution >= 4 is 25.7 Å². The summed E-state index contributed by atoms with van der Waals surface area (Å²) in [6.45, 7) is 10.5. The van der Waals surface area contributed by atoms with Crippen molar-refractivity contribution in [1.29, 1.82) is 0 Å². The van der Waals surface area contributed by atoms with Crippen LogP contribution in [0.3, 0.4) is 0 Å². The highest BCUT2D eigenvalue weighted by Gasteiger charge is 2.70. The molecule has 0 saturated heterocycles. The molecule has 3 aliphatic carbocycles. The first kappa shape index (κ1) is 29.6. The maximum atomic E-state index is 15.1. The fourth-order valence-corrected chi connectivity index (χ4v) is 8.33. The molecule has 0 N–H and O–H groups in total. The molecule has 0 aliphatic heterocycles. The summed E-state index contributed by atoms with van der Waals surface area (Å²) >= 11 is 0. The van der Waals surface area contributed by atoms with Gasteiger partial charge in [0, 0.05) is 17.7 Å². The number of ketones is 3. The standard InChI is InChI=1S/C33H39N3O6Si/c1-32(2,3)43(6,7)42-33-22(16-20-17-23-21(14-11-15-34-23)27(37)24(20)29(33)38)26(36(4)5)28-25(30(33)39)31(35-41-28)40-18-19-12-9-8-10-13-19/h8-15,20,22,24,26H,16-18H2,1-7H3/t20-,22+,24?,26+,33+/m1/s1. The van der Waals surface area contributed by atoms with Crippen LogP contribution in [0.4, 0.5) is 0 Å². The molecule has 6 rings (SSSR count). The van der Waals surface area contributed by atoms with Gasteiger partial charge in [-0.25, -0.2) is 0 Å². The van der Waals surface area contributed by atoms with Gasteiger partial charge in [0.25, 0.3) is 5.88 Å². The van der Waals surface area contributed by atoms with Crippen LogP contribution in [0, 0.1) is 17.8 Å². The van der Waals surface area contributed by atoms with Crippen LogP contribution in [-0.2, 0) is 22.2 Å². The SMILES string of the molecule is CN(C)[C@@H]1c2onc(OCc3ccccc3)c2C(=O)[C@@]2(O[Si](C)(C)C(C)(C)C)C(=O)C3C(=O)c4cccnc4C[C@H]3C[C@@H]12. The highest BCUT2D eigenvalue weighted by molar-refractivity contribution is 6.74. The number of ether oxygens (including phenoxy) is 1. The third-order valence-electron chi connectivity index (χ3n) is 9.99. The Hall–Kier alpha value is -3.47. The number of hydrogen-bond acceptors (Lipinski definition) is 9. The summed E-state index contributed by atoms with van der Waals surface area (Å²) in [6, 6.07) is 12.5. The van der Waals surface area contributed by atoms with E-state index in [9.17, 15) is 4.79 Å². The van der Waals surface area contributed by atoms with Crippen molar-refractivity contribution in [1.82, 2.24) is 15.0 Å². The van der Waals surface area contributed by atoms with Crippen LogP contribution in [0.2, 0.25) is 18.1 Å². The summed E-state index contributed by atoms with van der Waals surface area (Å²) < 4.78 is 19.1. The number of carbonyl (C=O) groups excluding carboxylic acids is 3. The number of rotatable bonds is 6. The van der Waals surface area contributed by atoms with Crippen LogP contribution in [-0.4, -0.2) is 60.4 Å². The molecular formula is C33H39N3O6Si. The van der Waals surface area contributed by atoms with Gasteiger partial charge >= 0.3 is 0 Å². The third kappa shape index (κ3) is 4.53. The zero-order chi connectivity index (χ0) is 30.9. The predicted octanol–water partition coefficient (Wildman–Crippen LogP) is 5.47. The van der Waals surface area contributed by atoms with Gasteiger partial charge in [-0.15, -0.1) is 0 Å². The number of carbonyl (C=O) groups is 3. The Morgan fingerprint density at radius 3 is 2.47 bits per heavy atom. The lowest BCUT2D eigenvalue weighted by Crippen LogP contribution is -2.70. The summed E-state index contributed by atoms with van der Waals surface area (Å²) in [5.41, 5.74) is 0.274. The lowest BCUT2D eigenvalue weighted by Gasteiger charge is -2.56. The Labute approximate surface area is 253 Å². The fourth-order valence-electron chi connectivity index (χ4n) is 6.88. The molecule has 0 spiro atoms.